The van der Waals surface area contributed by atoms with Crippen LogP contribution in [-0.2, 0) is 11.3 Å². The Morgan fingerprint density at radius 1 is 1.30 bits per heavy atom. The lowest BCUT2D eigenvalue weighted by molar-refractivity contribution is -0.135. The maximum Gasteiger partial charge on any atom is 0.317 e. The summed E-state index contributed by atoms with van der Waals surface area (Å²) in [6, 6.07) is 7.75. The standard InChI is InChI=1S/C15H16N4O.C3H7NO2.ClH/c1-2-3-8-19-9-17-12-13(15(16)20)18-11-7-5-4-6-10(11)14(12)19;1-4-2-3(5)6;/h4-7,9H,2-3,8H2,1H3,(H2,16,20);4H,2H2,1H3,(H,5,6);1H. The number of carboxylic acid groups (broad SMARTS) is 1. The average molecular weight is 394 g/mol. The number of para-hydroxylation sites is 1. The molecule has 0 fully saturated rings. The van der Waals surface area contributed by atoms with Crippen LogP contribution in [0.4, 0.5) is 0 Å². The van der Waals surface area contributed by atoms with Crippen LogP contribution in [0.1, 0.15) is 30.3 Å². The molecule has 0 saturated carbocycles. The summed E-state index contributed by atoms with van der Waals surface area (Å²) in [5.74, 6) is -1.36. The molecule has 3 aromatic rings. The van der Waals surface area contributed by atoms with Crippen molar-refractivity contribution in [1.29, 1.82) is 0 Å². The number of nitrogens with zero attached hydrogens (tertiary/aromatic N) is 3. The van der Waals surface area contributed by atoms with Crippen molar-refractivity contribution in [2.24, 2.45) is 5.73 Å². The molecule has 0 aliphatic heterocycles. The molecule has 0 aliphatic carbocycles. The molecule has 0 spiro atoms. The Labute approximate surface area is 163 Å². The number of benzene rings is 1. The number of nitrogens with one attached hydrogen (secondary N) is 1. The molecule has 1 aromatic carbocycles. The summed E-state index contributed by atoms with van der Waals surface area (Å²) in [4.78, 5) is 29.8. The van der Waals surface area contributed by atoms with Crippen LogP contribution in [0.15, 0.2) is 30.6 Å². The Morgan fingerprint density at radius 3 is 2.56 bits per heavy atom. The second-order valence-electron chi connectivity index (χ2n) is 5.75. The normalized spacial score (nSPS) is 10.1. The SMILES string of the molecule is CCCCn1cnc2c(C(N)=O)nc3ccccc3c21.CNCC(=O)O.Cl. The molecule has 0 radical (unpaired) electrons. The quantitative estimate of drug-likeness (QED) is 0.589. The van der Waals surface area contributed by atoms with Gasteiger partial charge in [0, 0.05) is 11.9 Å². The number of carboxylic acids is 1. The zero-order valence-electron chi connectivity index (χ0n) is 15.3. The van der Waals surface area contributed by atoms with Gasteiger partial charge in [-0.1, -0.05) is 31.5 Å². The molecular weight excluding hydrogens is 370 g/mol. The monoisotopic (exact) mass is 393 g/mol. The van der Waals surface area contributed by atoms with Crippen LogP contribution < -0.4 is 11.1 Å². The summed E-state index contributed by atoms with van der Waals surface area (Å²) in [7, 11) is 1.59. The zero-order valence-corrected chi connectivity index (χ0v) is 16.1. The molecule has 0 atom stereocenters. The van der Waals surface area contributed by atoms with Gasteiger partial charge in [-0.05, 0) is 19.5 Å². The van der Waals surface area contributed by atoms with E-state index in [9.17, 15) is 9.59 Å². The number of aliphatic carboxylic acids is 1. The van der Waals surface area contributed by atoms with E-state index >= 15 is 0 Å². The number of primary amides is 1. The lowest BCUT2D eigenvalue weighted by Crippen LogP contribution is -2.16. The van der Waals surface area contributed by atoms with E-state index in [1.165, 1.54) is 0 Å². The van der Waals surface area contributed by atoms with E-state index in [-0.39, 0.29) is 24.6 Å². The minimum absolute atomic E-state index is 0. The van der Waals surface area contributed by atoms with Gasteiger partial charge in [0.05, 0.1) is 23.9 Å². The molecule has 2 aromatic heterocycles. The Hall–Kier alpha value is -2.71. The van der Waals surface area contributed by atoms with Crippen molar-refractivity contribution in [3.63, 3.8) is 0 Å². The molecule has 8 nitrogen and oxygen atoms in total. The molecule has 146 valence electrons. The second-order valence-corrected chi connectivity index (χ2v) is 5.75. The molecule has 0 unspecified atom stereocenters. The number of carbonyl (C=O) groups excluding carboxylic acids is 1. The average Bonchev–Trinajstić information content (AvgIpc) is 3.03. The van der Waals surface area contributed by atoms with Crippen LogP contribution >= 0.6 is 12.4 Å². The van der Waals surface area contributed by atoms with Gasteiger partial charge >= 0.3 is 5.97 Å². The van der Waals surface area contributed by atoms with Gasteiger partial charge in [-0.15, -0.1) is 12.4 Å². The number of rotatable bonds is 6. The highest BCUT2D eigenvalue weighted by molar-refractivity contribution is 6.11. The number of aryl methyl sites for hydroxylation is 1. The molecule has 3 rings (SSSR count). The fraction of sp³-hybridized carbons (Fsp3) is 0.333. The Balaban J connectivity index is 0.000000456. The molecular formula is C18H24ClN5O3. The third-order valence-electron chi connectivity index (χ3n) is 3.77. The van der Waals surface area contributed by atoms with Crippen molar-refractivity contribution >= 4 is 46.2 Å². The third kappa shape index (κ3) is 5.38. The molecule has 0 saturated heterocycles. The van der Waals surface area contributed by atoms with Gasteiger partial charge in [-0.3, -0.25) is 9.59 Å². The summed E-state index contributed by atoms with van der Waals surface area (Å²) < 4.78 is 2.08. The Bertz CT molecular complexity index is 926. The van der Waals surface area contributed by atoms with Gasteiger partial charge in [0.1, 0.15) is 5.52 Å². The van der Waals surface area contributed by atoms with Gasteiger partial charge in [-0.25, -0.2) is 9.97 Å². The van der Waals surface area contributed by atoms with E-state index < -0.39 is 11.9 Å². The number of amides is 1. The van der Waals surface area contributed by atoms with E-state index in [0.717, 1.165) is 35.8 Å². The number of unbranched alkanes of at least 4 members (excludes halogenated alkanes) is 1. The highest BCUT2D eigenvalue weighted by Gasteiger charge is 2.16. The molecule has 9 heteroatoms. The summed E-state index contributed by atoms with van der Waals surface area (Å²) in [5, 5.41) is 11.3. The first kappa shape index (κ1) is 22.3. The number of nitrogens with two attached hydrogens (primary N) is 1. The number of fused-ring (bicyclic) bond motifs is 3. The van der Waals surface area contributed by atoms with Crippen LogP contribution in [0.25, 0.3) is 21.9 Å². The van der Waals surface area contributed by atoms with Crippen molar-refractivity contribution in [3.8, 4) is 0 Å². The van der Waals surface area contributed by atoms with E-state index in [2.05, 4.69) is 26.8 Å². The highest BCUT2D eigenvalue weighted by Crippen LogP contribution is 2.25. The number of hydrogen-bond donors (Lipinski definition) is 3. The summed E-state index contributed by atoms with van der Waals surface area (Å²) >= 11 is 0. The first-order valence-electron chi connectivity index (χ1n) is 8.39. The third-order valence-corrected chi connectivity index (χ3v) is 3.77. The van der Waals surface area contributed by atoms with E-state index in [1.54, 1.807) is 13.4 Å². The topological polar surface area (TPSA) is 123 Å². The lowest BCUT2D eigenvalue weighted by Gasteiger charge is -2.07. The smallest absolute Gasteiger partial charge is 0.317 e. The molecule has 27 heavy (non-hydrogen) atoms. The maximum atomic E-state index is 11.6. The molecule has 0 aliphatic rings. The van der Waals surface area contributed by atoms with Crippen molar-refractivity contribution in [2.75, 3.05) is 13.6 Å². The number of imidazole rings is 1. The van der Waals surface area contributed by atoms with Crippen molar-refractivity contribution in [1.82, 2.24) is 19.9 Å². The molecule has 1 amide bonds. The van der Waals surface area contributed by atoms with E-state index in [4.69, 9.17) is 10.8 Å². The lowest BCUT2D eigenvalue weighted by atomic mass is 10.1. The second kappa shape index (κ2) is 10.4. The van der Waals surface area contributed by atoms with Crippen LogP contribution in [0.5, 0.6) is 0 Å². The van der Waals surface area contributed by atoms with Crippen LogP contribution in [0.2, 0.25) is 0 Å². The molecule has 4 N–H and O–H groups in total. The Kier molecular flexibility index (Phi) is 8.64. The van der Waals surface area contributed by atoms with Gasteiger partial charge in [-0.2, -0.15) is 0 Å². The fourth-order valence-corrected chi connectivity index (χ4v) is 2.60. The van der Waals surface area contributed by atoms with Gasteiger partial charge in [0.25, 0.3) is 5.91 Å². The predicted molar refractivity (Wildman–Crippen MR) is 107 cm³/mol. The van der Waals surface area contributed by atoms with Crippen molar-refractivity contribution in [3.05, 3.63) is 36.3 Å². The first-order chi connectivity index (χ1) is 12.5. The van der Waals surface area contributed by atoms with Crippen molar-refractivity contribution < 1.29 is 14.7 Å². The number of hydrogen-bond acceptors (Lipinski definition) is 5. The van der Waals surface area contributed by atoms with Crippen LogP contribution in [0.3, 0.4) is 0 Å². The number of halogens is 1. The summed E-state index contributed by atoms with van der Waals surface area (Å²) in [5.41, 5.74) is 7.98. The summed E-state index contributed by atoms with van der Waals surface area (Å²) in [6.45, 7) is 3.06. The molecule has 0 bridgehead atoms. The highest BCUT2D eigenvalue weighted by atomic mass is 35.5. The predicted octanol–water partition coefficient (Wildman–Crippen LogP) is 2.20. The van der Waals surface area contributed by atoms with Crippen LogP contribution in [0, 0.1) is 0 Å². The number of carbonyl (C=O) groups is 2. The number of likely N-dealkylation sites (N-methyl/N-ethyl adjacent to an activating group) is 1. The van der Waals surface area contributed by atoms with Crippen LogP contribution in [-0.4, -0.2) is 45.1 Å². The minimum atomic E-state index is -0.822. The molecule has 2 heterocycles. The van der Waals surface area contributed by atoms with Crippen molar-refractivity contribution in [2.45, 2.75) is 26.3 Å². The van der Waals surface area contributed by atoms with E-state index in [1.807, 2.05) is 24.3 Å². The number of aromatic nitrogens is 3. The Morgan fingerprint density at radius 2 is 2.00 bits per heavy atom. The van der Waals surface area contributed by atoms with Gasteiger partial charge < -0.3 is 20.7 Å². The minimum Gasteiger partial charge on any atom is -0.480 e. The fourth-order valence-electron chi connectivity index (χ4n) is 2.60. The maximum absolute atomic E-state index is 11.6. The van der Waals surface area contributed by atoms with Gasteiger partial charge in [0.2, 0.25) is 0 Å². The number of pyridine rings is 1. The zero-order chi connectivity index (χ0) is 19.1. The van der Waals surface area contributed by atoms with Gasteiger partial charge in [0.15, 0.2) is 5.69 Å². The largest absolute Gasteiger partial charge is 0.480 e. The summed E-state index contributed by atoms with van der Waals surface area (Å²) in [6.07, 6.45) is 3.93. The van der Waals surface area contributed by atoms with E-state index in [0.29, 0.717) is 5.52 Å². The first-order valence-corrected chi connectivity index (χ1v) is 8.39.